The van der Waals surface area contributed by atoms with Crippen LogP contribution < -0.4 is 5.32 Å². The molecular weight excluding hydrogens is 396 g/mol. The number of urea groups is 1. The molecule has 2 heterocycles. The number of nitrogens with zero attached hydrogens (tertiary/aromatic N) is 3. The summed E-state index contributed by atoms with van der Waals surface area (Å²) in [5.41, 5.74) is 0. The van der Waals surface area contributed by atoms with E-state index in [1.165, 1.54) is 43.4 Å². The van der Waals surface area contributed by atoms with Crippen LogP contribution in [0.25, 0.3) is 0 Å². The Hall–Kier alpha value is -0.990. The molecule has 2 amide bonds. The van der Waals surface area contributed by atoms with E-state index in [9.17, 15) is 4.79 Å². The van der Waals surface area contributed by atoms with E-state index in [1.807, 2.05) is 12.1 Å². The highest BCUT2D eigenvalue weighted by Crippen LogP contribution is 2.35. The van der Waals surface area contributed by atoms with Gasteiger partial charge in [-0.3, -0.25) is 5.32 Å². The SMILES string of the molecule is CN(Cc1ccc(Br)s1)C(=O)Nc1nnc(C2CCCCC2)s1. The van der Waals surface area contributed by atoms with E-state index in [0.717, 1.165) is 13.7 Å². The Bertz CT molecular complexity index is 666. The van der Waals surface area contributed by atoms with Gasteiger partial charge in [0.05, 0.1) is 10.3 Å². The maximum absolute atomic E-state index is 12.3. The number of carbonyl (C=O) groups excluding carboxylic acids is 1. The monoisotopic (exact) mass is 414 g/mol. The minimum absolute atomic E-state index is 0.152. The Kier molecular flexibility index (Phi) is 5.66. The van der Waals surface area contributed by atoms with Crippen molar-refractivity contribution in [3.63, 3.8) is 0 Å². The Morgan fingerprint density at radius 2 is 2.09 bits per heavy atom. The summed E-state index contributed by atoms with van der Waals surface area (Å²) in [4.78, 5) is 15.0. The summed E-state index contributed by atoms with van der Waals surface area (Å²) in [5, 5.41) is 12.9. The fraction of sp³-hybridized carbons (Fsp3) is 0.533. The van der Waals surface area contributed by atoms with Crippen LogP contribution in [-0.4, -0.2) is 28.2 Å². The van der Waals surface area contributed by atoms with Crippen LogP contribution >= 0.6 is 38.6 Å². The number of aromatic nitrogens is 2. The maximum Gasteiger partial charge on any atom is 0.323 e. The first-order valence-electron chi connectivity index (χ1n) is 7.71. The topological polar surface area (TPSA) is 58.1 Å². The molecule has 2 aromatic rings. The summed E-state index contributed by atoms with van der Waals surface area (Å²) >= 11 is 6.58. The zero-order valence-electron chi connectivity index (χ0n) is 12.9. The third kappa shape index (κ3) is 4.51. The Morgan fingerprint density at radius 3 is 2.78 bits per heavy atom. The van der Waals surface area contributed by atoms with Crippen molar-refractivity contribution < 1.29 is 4.79 Å². The molecule has 0 aliphatic heterocycles. The first kappa shape index (κ1) is 16.9. The fourth-order valence-electron chi connectivity index (χ4n) is 2.73. The number of nitrogens with one attached hydrogen (secondary N) is 1. The van der Waals surface area contributed by atoms with Gasteiger partial charge in [0, 0.05) is 17.8 Å². The third-order valence-electron chi connectivity index (χ3n) is 3.98. The second-order valence-electron chi connectivity index (χ2n) is 5.77. The Balaban J connectivity index is 1.55. The second-order valence-corrected chi connectivity index (χ2v) is 9.33. The predicted octanol–water partition coefficient (Wildman–Crippen LogP) is 5.07. The highest BCUT2D eigenvalue weighted by Gasteiger charge is 2.20. The first-order valence-corrected chi connectivity index (χ1v) is 10.1. The number of anilines is 1. The van der Waals surface area contributed by atoms with Gasteiger partial charge in [-0.1, -0.05) is 30.6 Å². The van der Waals surface area contributed by atoms with Gasteiger partial charge >= 0.3 is 6.03 Å². The Labute approximate surface area is 152 Å². The lowest BCUT2D eigenvalue weighted by Crippen LogP contribution is -2.30. The van der Waals surface area contributed by atoms with Crippen LogP contribution in [-0.2, 0) is 6.54 Å². The quantitative estimate of drug-likeness (QED) is 0.758. The minimum Gasteiger partial charge on any atom is -0.322 e. The number of hydrogen-bond acceptors (Lipinski definition) is 5. The van der Waals surface area contributed by atoms with E-state index in [1.54, 1.807) is 23.3 Å². The van der Waals surface area contributed by atoms with Gasteiger partial charge in [0.25, 0.3) is 0 Å². The highest BCUT2D eigenvalue weighted by molar-refractivity contribution is 9.11. The summed E-state index contributed by atoms with van der Waals surface area (Å²) in [7, 11) is 1.78. The average Bonchev–Trinajstić information content (AvgIpc) is 3.17. The lowest BCUT2D eigenvalue weighted by molar-refractivity contribution is 0.221. The molecule has 5 nitrogen and oxygen atoms in total. The zero-order valence-corrected chi connectivity index (χ0v) is 16.1. The molecule has 0 radical (unpaired) electrons. The molecule has 0 bridgehead atoms. The number of carbonyl (C=O) groups is 1. The molecule has 1 aliphatic carbocycles. The maximum atomic E-state index is 12.3. The van der Waals surface area contributed by atoms with E-state index in [2.05, 4.69) is 31.4 Å². The first-order chi connectivity index (χ1) is 11.1. The normalized spacial score (nSPS) is 15.6. The smallest absolute Gasteiger partial charge is 0.322 e. The standard InChI is InChI=1S/C15H19BrN4OS2/c1-20(9-11-7-8-12(16)22-11)15(21)17-14-19-18-13(23-14)10-5-3-2-4-6-10/h7-8,10H,2-6,9H2,1H3,(H,17,19,21). The molecule has 1 fully saturated rings. The van der Waals surface area contributed by atoms with Crippen LogP contribution in [0.1, 0.15) is 47.9 Å². The van der Waals surface area contributed by atoms with Gasteiger partial charge in [0.1, 0.15) is 5.01 Å². The summed E-state index contributed by atoms with van der Waals surface area (Å²) in [5.74, 6) is 0.521. The van der Waals surface area contributed by atoms with Gasteiger partial charge in [0.2, 0.25) is 5.13 Å². The van der Waals surface area contributed by atoms with Crippen molar-refractivity contribution in [2.45, 2.75) is 44.6 Å². The van der Waals surface area contributed by atoms with E-state index in [-0.39, 0.29) is 6.03 Å². The van der Waals surface area contributed by atoms with Crippen molar-refractivity contribution in [3.05, 3.63) is 25.8 Å². The van der Waals surface area contributed by atoms with Crippen molar-refractivity contribution in [3.8, 4) is 0 Å². The van der Waals surface area contributed by atoms with Gasteiger partial charge in [-0.15, -0.1) is 21.5 Å². The van der Waals surface area contributed by atoms with Crippen LogP contribution in [0.15, 0.2) is 15.9 Å². The molecule has 0 atom stereocenters. The van der Waals surface area contributed by atoms with Crippen molar-refractivity contribution in [2.75, 3.05) is 12.4 Å². The largest absolute Gasteiger partial charge is 0.323 e. The minimum atomic E-state index is -0.152. The molecule has 124 valence electrons. The predicted molar refractivity (Wildman–Crippen MR) is 98.2 cm³/mol. The van der Waals surface area contributed by atoms with E-state index in [0.29, 0.717) is 17.6 Å². The molecule has 0 spiro atoms. The van der Waals surface area contributed by atoms with Gasteiger partial charge in [-0.25, -0.2) is 4.79 Å². The molecular formula is C15H19BrN4OS2. The zero-order chi connectivity index (χ0) is 16.2. The van der Waals surface area contributed by atoms with Crippen molar-refractivity contribution in [2.24, 2.45) is 0 Å². The number of rotatable bonds is 4. The number of amides is 2. The molecule has 8 heteroatoms. The summed E-state index contributed by atoms with van der Waals surface area (Å²) < 4.78 is 1.07. The van der Waals surface area contributed by atoms with E-state index < -0.39 is 0 Å². The molecule has 1 N–H and O–H groups in total. The molecule has 0 saturated heterocycles. The van der Waals surface area contributed by atoms with Crippen LogP contribution in [0.3, 0.4) is 0 Å². The molecule has 0 aromatic carbocycles. The Morgan fingerprint density at radius 1 is 1.30 bits per heavy atom. The summed E-state index contributed by atoms with van der Waals surface area (Å²) in [6, 6.07) is 3.86. The molecule has 1 aliphatic rings. The summed E-state index contributed by atoms with van der Waals surface area (Å²) in [6.45, 7) is 0.580. The van der Waals surface area contributed by atoms with Crippen LogP contribution in [0.5, 0.6) is 0 Å². The van der Waals surface area contributed by atoms with Crippen LogP contribution in [0.2, 0.25) is 0 Å². The van der Waals surface area contributed by atoms with Crippen molar-refractivity contribution in [1.82, 2.24) is 15.1 Å². The molecule has 2 aromatic heterocycles. The van der Waals surface area contributed by atoms with Crippen LogP contribution in [0, 0.1) is 0 Å². The molecule has 0 unspecified atom stereocenters. The lowest BCUT2D eigenvalue weighted by Gasteiger charge is -2.18. The lowest BCUT2D eigenvalue weighted by atomic mass is 9.90. The molecule has 3 rings (SSSR count). The summed E-state index contributed by atoms with van der Waals surface area (Å²) in [6.07, 6.45) is 6.24. The second kappa shape index (κ2) is 7.72. The third-order valence-corrected chi connectivity index (χ3v) is 6.59. The van der Waals surface area contributed by atoms with Crippen molar-refractivity contribution in [1.29, 1.82) is 0 Å². The molecule has 23 heavy (non-hydrogen) atoms. The van der Waals surface area contributed by atoms with Crippen molar-refractivity contribution >= 4 is 49.8 Å². The van der Waals surface area contributed by atoms with Gasteiger partial charge in [0.15, 0.2) is 0 Å². The average molecular weight is 415 g/mol. The highest BCUT2D eigenvalue weighted by atomic mass is 79.9. The number of thiophene rings is 1. The van der Waals surface area contributed by atoms with E-state index >= 15 is 0 Å². The number of hydrogen-bond donors (Lipinski definition) is 1. The number of halogens is 1. The van der Waals surface area contributed by atoms with E-state index in [4.69, 9.17) is 0 Å². The fourth-order valence-corrected chi connectivity index (χ4v) is 5.17. The van der Waals surface area contributed by atoms with Gasteiger partial charge in [-0.05, 0) is 40.9 Å². The molecule has 1 saturated carbocycles. The van der Waals surface area contributed by atoms with Gasteiger partial charge < -0.3 is 4.90 Å². The van der Waals surface area contributed by atoms with Crippen LogP contribution in [0.4, 0.5) is 9.93 Å². The van der Waals surface area contributed by atoms with Gasteiger partial charge in [-0.2, -0.15) is 0 Å².